The number of benzene rings is 1. The summed E-state index contributed by atoms with van der Waals surface area (Å²) >= 11 is 1.16. The molecular weight excluding hydrogens is 409 g/mol. The molecule has 6 nitrogen and oxygen atoms in total. The van der Waals surface area contributed by atoms with Crippen LogP contribution in [0.3, 0.4) is 0 Å². The Kier molecular flexibility index (Phi) is 6.67. The number of nitrogens with zero attached hydrogens (tertiary/aromatic N) is 2. The Labute approximate surface area is 171 Å². The maximum Gasteiger partial charge on any atom is 0.394 e. The summed E-state index contributed by atoms with van der Waals surface area (Å²) in [5.74, 6) is -1.30. The van der Waals surface area contributed by atoms with Gasteiger partial charge < -0.3 is 24.6 Å². The first-order chi connectivity index (χ1) is 13.6. The highest BCUT2D eigenvalue weighted by Crippen LogP contribution is 2.43. The number of fused-ring (bicyclic) bond motifs is 1. The highest BCUT2D eigenvalue weighted by atomic mass is 32.2. The number of thioether (sulfide) groups is 1. The van der Waals surface area contributed by atoms with Crippen molar-refractivity contribution in [1.29, 1.82) is 0 Å². The Morgan fingerprint density at radius 2 is 1.86 bits per heavy atom. The smallest absolute Gasteiger partial charge is 0.394 e. The van der Waals surface area contributed by atoms with Crippen molar-refractivity contribution in [2.45, 2.75) is 48.8 Å². The number of aliphatic hydroxyl groups is 2. The molecule has 0 spiro atoms. The lowest BCUT2D eigenvalue weighted by Gasteiger charge is -2.42. The third kappa shape index (κ3) is 4.82. The SMILES string of the molecule is COc1ccc(CC[C@@H]([C@H]2O[C@@H]3SC(N(C)C)=N[C@@H]3[C@@H](O)[C@@H]2O)C(F)(F)F)cc1. The van der Waals surface area contributed by atoms with Crippen LogP contribution in [-0.4, -0.2) is 77.5 Å². The van der Waals surface area contributed by atoms with Crippen LogP contribution < -0.4 is 4.74 Å². The van der Waals surface area contributed by atoms with Crippen LogP contribution in [0.4, 0.5) is 13.2 Å². The summed E-state index contributed by atoms with van der Waals surface area (Å²) in [6.45, 7) is 0. The summed E-state index contributed by atoms with van der Waals surface area (Å²) in [7, 11) is 5.01. The Balaban J connectivity index is 1.75. The third-order valence-electron chi connectivity index (χ3n) is 5.19. The van der Waals surface area contributed by atoms with E-state index in [1.807, 2.05) is 0 Å². The lowest BCUT2D eigenvalue weighted by Crippen LogP contribution is -2.59. The van der Waals surface area contributed by atoms with Crippen LogP contribution in [0.15, 0.2) is 29.3 Å². The first-order valence-corrected chi connectivity index (χ1v) is 10.1. The van der Waals surface area contributed by atoms with Crippen LogP contribution in [-0.2, 0) is 11.2 Å². The van der Waals surface area contributed by atoms with Crippen molar-refractivity contribution in [2.75, 3.05) is 21.2 Å². The summed E-state index contributed by atoms with van der Waals surface area (Å²) in [5.41, 5.74) is -0.0427. The fraction of sp³-hybridized carbons (Fsp3) is 0.632. The second-order valence-corrected chi connectivity index (χ2v) is 8.47. The molecule has 1 aromatic rings. The van der Waals surface area contributed by atoms with Crippen molar-refractivity contribution in [1.82, 2.24) is 4.90 Å². The lowest BCUT2D eigenvalue weighted by molar-refractivity contribution is -0.250. The molecule has 2 heterocycles. The molecule has 0 radical (unpaired) electrons. The number of alkyl halides is 3. The van der Waals surface area contributed by atoms with Gasteiger partial charge in [0, 0.05) is 14.1 Å². The summed E-state index contributed by atoms with van der Waals surface area (Å²) in [6, 6.07) is 6.00. The van der Waals surface area contributed by atoms with Crippen LogP contribution in [0.1, 0.15) is 12.0 Å². The van der Waals surface area contributed by atoms with Gasteiger partial charge in [-0.1, -0.05) is 23.9 Å². The van der Waals surface area contributed by atoms with Gasteiger partial charge >= 0.3 is 6.18 Å². The molecule has 0 bridgehead atoms. The first kappa shape index (κ1) is 22.2. The van der Waals surface area contributed by atoms with Gasteiger partial charge in [-0.3, -0.25) is 4.99 Å². The molecule has 1 fully saturated rings. The maximum atomic E-state index is 13.8. The highest BCUT2D eigenvalue weighted by Gasteiger charge is 2.56. The van der Waals surface area contributed by atoms with Crippen molar-refractivity contribution in [3.8, 4) is 5.75 Å². The molecule has 10 heteroatoms. The van der Waals surface area contributed by atoms with E-state index in [9.17, 15) is 23.4 Å². The lowest BCUT2D eigenvalue weighted by atomic mass is 9.85. The second kappa shape index (κ2) is 8.71. The van der Waals surface area contributed by atoms with Crippen molar-refractivity contribution in [2.24, 2.45) is 10.9 Å². The average Bonchev–Trinajstić information content (AvgIpc) is 3.10. The van der Waals surface area contributed by atoms with E-state index in [2.05, 4.69) is 4.99 Å². The van der Waals surface area contributed by atoms with Gasteiger partial charge in [-0.2, -0.15) is 13.2 Å². The minimum atomic E-state index is -4.58. The van der Waals surface area contributed by atoms with Crippen molar-refractivity contribution < 1.29 is 32.9 Å². The predicted molar refractivity (Wildman–Crippen MR) is 104 cm³/mol. The molecule has 162 valence electrons. The summed E-state index contributed by atoms with van der Waals surface area (Å²) in [5, 5.41) is 21.4. The second-order valence-electron chi connectivity index (χ2n) is 7.40. The molecule has 6 atom stereocenters. The zero-order valence-corrected chi connectivity index (χ0v) is 17.2. The Morgan fingerprint density at radius 3 is 2.41 bits per heavy atom. The van der Waals surface area contributed by atoms with Crippen molar-refractivity contribution in [3.05, 3.63) is 29.8 Å². The number of hydrogen-bond acceptors (Lipinski definition) is 7. The number of rotatable bonds is 5. The molecule has 0 unspecified atom stereocenters. The Hall–Kier alpha value is -1.49. The minimum absolute atomic E-state index is 0.150. The normalized spacial score (nSPS) is 30.5. The number of amidine groups is 1. The van der Waals surface area contributed by atoms with Crippen molar-refractivity contribution >= 4 is 16.9 Å². The number of halogens is 3. The highest BCUT2D eigenvalue weighted by molar-refractivity contribution is 8.14. The van der Waals surface area contributed by atoms with Crippen molar-refractivity contribution in [3.63, 3.8) is 0 Å². The molecule has 0 saturated carbocycles. The van der Waals surface area contributed by atoms with Gasteiger partial charge in [0.1, 0.15) is 29.4 Å². The quantitative estimate of drug-likeness (QED) is 0.741. The van der Waals surface area contributed by atoms with E-state index in [0.29, 0.717) is 10.9 Å². The minimum Gasteiger partial charge on any atom is -0.497 e. The number of ether oxygens (including phenoxy) is 2. The molecule has 1 saturated heterocycles. The Bertz CT molecular complexity index is 729. The maximum absolute atomic E-state index is 13.8. The van der Waals surface area contributed by atoms with E-state index in [0.717, 1.165) is 17.3 Å². The largest absolute Gasteiger partial charge is 0.497 e. The molecule has 0 amide bonds. The van der Waals surface area contributed by atoms with Gasteiger partial charge in [0.15, 0.2) is 5.17 Å². The van der Waals surface area contributed by atoms with E-state index in [-0.39, 0.29) is 12.8 Å². The summed E-state index contributed by atoms with van der Waals surface area (Å²) in [4.78, 5) is 5.98. The molecule has 1 aromatic carbocycles. The van der Waals surface area contributed by atoms with Gasteiger partial charge in [0.25, 0.3) is 0 Å². The molecule has 0 aromatic heterocycles. The predicted octanol–water partition coefficient (Wildman–Crippen LogP) is 2.29. The van der Waals surface area contributed by atoms with Gasteiger partial charge in [-0.05, 0) is 30.5 Å². The van der Waals surface area contributed by atoms with E-state index in [1.54, 1.807) is 43.3 Å². The van der Waals surface area contributed by atoms with E-state index in [4.69, 9.17) is 9.47 Å². The number of aryl methyl sites for hydroxylation is 1. The first-order valence-electron chi connectivity index (χ1n) is 9.25. The van der Waals surface area contributed by atoms with Crippen LogP contribution >= 0.6 is 11.8 Å². The molecule has 2 aliphatic rings. The van der Waals surface area contributed by atoms with E-state index >= 15 is 0 Å². The third-order valence-corrected chi connectivity index (χ3v) is 6.49. The van der Waals surface area contributed by atoms with Crippen LogP contribution in [0.25, 0.3) is 0 Å². The van der Waals surface area contributed by atoms with Gasteiger partial charge in [0.05, 0.1) is 19.1 Å². The summed E-state index contributed by atoms with van der Waals surface area (Å²) in [6.07, 6.45) is -9.36. The average molecular weight is 434 g/mol. The standard InChI is InChI=1S/C19H25F3N2O4S/c1-24(2)18-23-13-14(25)15(26)16(28-17(13)29-18)12(19(20,21)22)9-6-10-4-7-11(27-3)8-5-10/h4-5,7-8,12-17,25-26H,6,9H2,1-3H3/t12-,13+,14+,15-,16+,17+/m0/s1. The molecular formula is C19H25F3N2O4S. The van der Waals surface area contributed by atoms with Crippen LogP contribution in [0, 0.1) is 5.92 Å². The van der Waals surface area contributed by atoms with Crippen LogP contribution in [0.5, 0.6) is 5.75 Å². The van der Waals surface area contributed by atoms with Gasteiger partial charge in [-0.15, -0.1) is 0 Å². The topological polar surface area (TPSA) is 74.5 Å². The number of methoxy groups -OCH3 is 1. The Morgan fingerprint density at radius 1 is 1.21 bits per heavy atom. The fourth-order valence-corrected chi connectivity index (χ4v) is 4.70. The number of hydrogen-bond donors (Lipinski definition) is 2. The molecule has 2 N–H and O–H groups in total. The van der Waals surface area contributed by atoms with Gasteiger partial charge in [-0.25, -0.2) is 0 Å². The van der Waals surface area contributed by atoms with Crippen LogP contribution in [0.2, 0.25) is 0 Å². The molecule has 3 rings (SSSR count). The monoisotopic (exact) mass is 434 g/mol. The number of aliphatic imine (C=N–C) groups is 1. The molecule has 29 heavy (non-hydrogen) atoms. The zero-order valence-electron chi connectivity index (χ0n) is 16.3. The van der Waals surface area contributed by atoms with E-state index < -0.39 is 41.9 Å². The number of aliphatic hydroxyl groups excluding tert-OH is 2. The van der Waals surface area contributed by atoms with E-state index in [1.165, 1.54) is 7.11 Å². The fourth-order valence-electron chi connectivity index (χ4n) is 3.55. The molecule has 2 aliphatic heterocycles. The zero-order chi connectivity index (χ0) is 21.3. The van der Waals surface area contributed by atoms with Gasteiger partial charge in [0.2, 0.25) is 0 Å². The summed E-state index contributed by atoms with van der Waals surface area (Å²) < 4.78 is 52.2. The molecule has 0 aliphatic carbocycles.